The van der Waals surface area contributed by atoms with E-state index in [1.807, 2.05) is 59.5 Å². The zero-order chi connectivity index (χ0) is 16.1. The van der Waals surface area contributed by atoms with E-state index >= 15 is 0 Å². The van der Waals surface area contributed by atoms with Gasteiger partial charge in [0.25, 0.3) is 5.91 Å². The maximum absolute atomic E-state index is 12.5. The van der Waals surface area contributed by atoms with Crippen LogP contribution < -0.4 is 10.5 Å². The SMILES string of the molecule is Cl.NC1CCCN(C(=O)c2ccc(COc3ccccc3)cc2)C1. The molecule has 1 amide bonds. The lowest BCUT2D eigenvalue weighted by Gasteiger charge is -2.30. The Kier molecular flexibility index (Phi) is 6.64. The van der Waals surface area contributed by atoms with Gasteiger partial charge in [0.1, 0.15) is 12.4 Å². The molecule has 0 aliphatic carbocycles. The molecular formula is C19H23ClN2O2. The topological polar surface area (TPSA) is 55.6 Å². The van der Waals surface area contributed by atoms with Gasteiger partial charge >= 0.3 is 0 Å². The van der Waals surface area contributed by atoms with Crippen molar-refractivity contribution in [3.63, 3.8) is 0 Å². The third-order valence-electron chi connectivity index (χ3n) is 4.09. The quantitative estimate of drug-likeness (QED) is 0.924. The Bertz CT molecular complexity index is 646. The molecule has 5 heteroatoms. The normalized spacial score (nSPS) is 17.0. The number of ether oxygens (including phenoxy) is 1. The zero-order valence-corrected chi connectivity index (χ0v) is 14.4. The van der Waals surface area contributed by atoms with Crippen LogP contribution in [0, 0.1) is 0 Å². The van der Waals surface area contributed by atoms with E-state index in [0.717, 1.165) is 30.7 Å². The van der Waals surface area contributed by atoms with Gasteiger partial charge in [-0.25, -0.2) is 0 Å². The second-order valence-electron chi connectivity index (χ2n) is 5.95. The van der Waals surface area contributed by atoms with Crippen LogP contribution in [0.2, 0.25) is 0 Å². The second kappa shape index (κ2) is 8.71. The third kappa shape index (κ3) is 4.73. The summed E-state index contributed by atoms with van der Waals surface area (Å²) in [6.07, 6.45) is 1.98. The molecule has 2 aromatic carbocycles. The summed E-state index contributed by atoms with van der Waals surface area (Å²) >= 11 is 0. The molecule has 24 heavy (non-hydrogen) atoms. The molecular weight excluding hydrogens is 324 g/mol. The molecule has 1 unspecified atom stereocenters. The highest BCUT2D eigenvalue weighted by Gasteiger charge is 2.22. The zero-order valence-electron chi connectivity index (χ0n) is 13.6. The largest absolute Gasteiger partial charge is 0.489 e. The fourth-order valence-corrected chi connectivity index (χ4v) is 2.80. The van der Waals surface area contributed by atoms with E-state index in [1.165, 1.54) is 0 Å². The maximum Gasteiger partial charge on any atom is 0.253 e. The van der Waals surface area contributed by atoms with Crippen molar-refractivity contribution in [1.82, 2.24) is 4.90 Å². The number of para-hydroxylation sites is 1. The first-order valence-electron chi connectivity index (χ1n) is 8.04. The number of hydrogen-bond donors (Lipinski definition) is 1. The fourth-order valence-electron chi connectivity index (χ4n) is 2.80. The molecule has 2 aromatic rings. The standard InChI is InChI=1S/C19H22N2O2.ClH/c20-17-5-4-12-21(13-17)19(22)16-10-8-15(9-11-16)14-23-18-6-2-1-3-7-18;/h1-3,6-11,17H,4-5,12-14,20H2;1H. The number of halogens is 1. The van der Waals surface area contributed by atoms with Gasteiger partial charge in [-0.2, -0.15) is 0 Å². The summed E-state index contributed by atoms with van der Waals surface area (Å²) in [5, 5.41) is 0. The van der Waals surface area contributed by atoms with E-state index in [4.69, 9.17) is 10.5 Å². The minimum Gasteiger partial charge on any atom is -0.489 e. The van der Waals surface area contributed by atoms with Gasteiger partial charge in [-0.3, -0.25) is 4.79 Å². The van der Waals surface area contributed by atoms with E-state index in [-0.39, 0.29) is 24.4 Å². The molecule has 4 nitrogen and oxygen atoms in total. The molecule has 2 N–H and O–H groups in total. The van der Waals surface area contributed by atoms with Gasteiger partial charge in [0.2, 0.25) is 0 Å². The Morgan fingerprint density at radius 3 is 2.50 bits per heavy atom. The lowest BCUT2D eigenvalue weighted by Crippen LogP contribution is -2.45. The molecule has 1 heterocycles. The van der Waals surface area contributed by atoms with Crippen LogP contribution in [0.3, 0.4) is 0 Å². The van der Waals surface area contributed by atoms with Gasteiger partial charge in [0.15, 0.2) is 0 Å². The fraction of sp³-hybridized carbons (Fsp3) is 0.316. The summed E-state index contributed by atoms with van der Waals surface area (Å²) in [6, 6.07) is 17.4. The molecule has 0 spiro atoms. The second-order valence-corrected chi connectivity index (χ2v) is 5.95. The molecule has 1 aliphatic rings. The Morgan fingerprint density at radius 2 is 1.83 bits per heavy atom. The van der Waals surface area contributed by atoms with Crippen molar-refractivity contribution in [2.75, 3.05) is 13.1 Å². The predicted octanol–water partition coefficient (Wildman–Crippen LogP) is 3.25. The first kappa shape index (κ1) is 18.3. The highest BCUT2D eigenvalue weighted by atomic mass is 35.5. The lowest BCUT2D eigenvalue weighted by atomic mass is 10.0. The van der Waals surface area contributed by atoms with Gasteiger partial charge < -0.3 is 15.4 Å². The minimum atomic E-state index is 0. The highest BCUT2D eigenvalue weighted by Crippen LogP contribution is 2.15. The predicted molar refractivity (Wildman–Crippen MR) is 97.6 cm³/mol. The lowest BCUT2D eigenvalue weighted by molar-refractivity contribution is 0.0709. The van der Waals surface area contributed by atoms with Crippen LogP contribution in [-0.4, -0.2) is 29.9 Å². The number of nitrogens with zero attached hydrogens (tertiary/aromatic N) is 1. The number of rotatable bonds is 4. The number of nitrogens with two attached hydrogens (primary N) is 1. The smallest absolute Gasteiger partial charge is 0.253 e. The van der Waals surface area contributed by atoms with Crippen molar-refractivity contribution in [2.45, 2.75) is 25.5 Å². The molecule has 128 valence electrons. The van der Waals surface area contributed by atoms with Gasteiger partial charge in [0, 0.05) is 24.7 Å². The van der Waals surface area contributed by atoms with Gasteiger partial charge in [-0.1, -0.05) is 30.3 Å². The van der Waals surface area contributed by atoms with Crippen molar-refractivity contribution < 1.29 is 9.53 Å². The number of benzene rings is 2. The van der Waals surface area contributed by atoms with Crippen molar-refractivity contribution >= 4 is 18.3 Å². The first-order chi connectivity index (χ1) is 11.2. The summed E-state index contributed by atoms with van der Waals surface area (Å²) in [7, 11) is 0. The van der Waals surface area contributed by atoms with Crippen molar-refractivity contribution in [3.05, 3.63) is 65.7 Å². The number of hydrogen-bond acceptors (Lipinski definition) is 3. The number of likely N-dealkylation sites (tertiary alicyclic amines) is 1. The summed E-state index contributed by atoms with van der Waals surface area (Å²) in [4.78, 5) is 14.3. The number of piperidine rings is 1. The first-order valence-corrected chi connectivity index (χ1v) is 8.04. The average Bonchev–Trinajstić information content (AvgIpc) is 2.61. The van der Waals surface area contributed by atoms with Crippen LogP contribution in [0.1, 0.15) is 28.8 Å². The molecule has 0 radical (unpaired) electrons. The van der Waals surface area contributed by atoms with Crippen LogP contribution >= 0.6 is 12.4 Å². The van der Waals surface area contributed by atoms with Gasteiger partial charge in [-0.05, 0) is 42.7 Å². The van der Waals surface area contributed by atoms with Crippen LogP contribution in [0.4, 0.5) is 0 Å². The Hall–Kier alpha value is -2.04. The Labute approximate surface area is 149 Å². The Morgan fingerprint density at radius 1 is 1.12 bits per heavy atom. The molecule has 0 aromatic heterocycles. The molecule has 1 saturated heterocycles. The Balaban J connectivity index is 0.00000208. The highest BCUT2D eigenvalue weighted by molar-refractivity contribution is 5.94. The van der Waals surface area contributed by atoms with Crippen LogP contribution in [0.5, 0.6) is 5.75 Å². The summed E-state index contributed by atoms with van der Waals surface area (Å²) in [6.45, 7) is 1.94. The van der Waals surface area contributed by atoms with Crippen molar-refractivity contribution in [3.8, 4) is 5.75 Å². The maximum atomic E-state index is 12.5. The summed E-state index contributed by atoms with van der Waals surface area (Å²) in [5.74, 6) is 0.908. The van der Waals surface area contributed by atoms with E-state index in [2.05, 4.69) is 0 Å². The third-order valence-corrected chi connectivity index (χ3v) is 4.09. The molecule has 3 rings (SSSR count). The number of carbonyl (C=O) groups excluding carboxylic acids is 1. The average molecular weight is 347 g/mol. The van der Waals surface area contributed by atoms with Crippen molar-refractivity contribution in [1.29, 1.82) is 0 Å². The van der Waals surface area contributed by atoms with Crippen molar-refractivity contribution in [2.24, 2.45) is 5.73 Å². The molecule has 1 atom stereocenters. The minimum absolute atomic E-state index is 0. The summed E-state index contributed by atoms with van der Waals surface area (Å²) in [5.41, 5.74) is 7.70. The number of carbonyl (C=O) groups is 1. The van der Waals surface area contributed by atoms with E-state index in [1.54, 1.807) is 0 Å². The van der Waals surface area contributed by atoms with E-state index in [0.29, 0.717) is 18.7 Å². The van der Waals surface area contributed by atoms with Gasteiger partial charge in [-0.15, -0.1) is 12.4 Å². The van der Waals surface area contributed by atoms with Crippen LogP contribution in [0.25, 0.3) is 0 Å². The molecule has 0 bridgehead atoms. The van der Waals surface area contributed by atoms with E-state index in [9.17, 15) is 4.79 Å². The van der Waals surface area contributed by atoms with Crippen LogP contribution in [-0.2, 0) is 6.61 Å². The van der Waals surface area contributed by atoms with E-state index < -0.39 is 0 Å². The van der Waals surface area contributed by atoms with Crippen LogP contribution in [0.15, 0.2) is 54.6 Å². The summed E-state index contributed by atoms with van der Waals surface area (Å²) < 4.78 is 5.71. The molecule has 0 saturated carbocycles. The monoisotopic (exact) mass is 346 g/mol. The number of amides is 1. The molecule has 1 aliphatic heterocycles. The van der Waals surface area contributed by atoms with Gasteiger partial charge in [0.05, 0.1) is 0 Å². The molecule has 1 fully saturated rings.